The molecule has 3 aromatic rings. The molecule has 1 unspecified atom stereocenters. The van der Waals surface area contributed by atoms with E-state index in [1.807, 2.05) is 59.5 Å². The molecule has 1 saturated carbocycles. The molecule has 1 N–H and O–H groups in total. The van der Waals surface area contributed by atoms with Gasteiger partial charge in [-0.3, -0.25) is 14.4 Å². The zero-order valence-electron chi connectivity index (χ0n) is 21.9. The van der Waals surface area contributed by atoms with E-state index >= 15 is 0 Å². The summed E-state index contributed by atoms with van der Waals surface area (Å²) in [4.78, 5) is 43.8. The minimum Gasteiger partial charge on any atom is -0.459 e. The lowest BCUT2D eigenvalue weighted by Crippen LogP contribution is -2.56. The number of amides is 3. The van der Waals surface area contributed by atoms with Crippen LogP contribution in [0.2, 0.25) is 5.02 Å². The average molecular weight is 548 g/mol. The molecule has 2 aliphatic rings. The van der Waals surface area contributed by atoms with Crippen molar-refractivity contribution >= 4 is 29.3 Å². The summed E-state index contributed by atoms with van der Waals surface area (Å²) in [6.45, 7) is 1.40. The van der Waals surface area contributed by atoms with Gasteiger partial charge in [0.05, 0.1) is 18.2 Å². The molecule has 2 aromatic carbocycles. The topological polar surface area (TPSA) is 82.9 Å². The fourth-order valence-corrected chi connectivity index (χ4v) is 5.88. The Morgan fingerprint density at radius 1 is 0.923 bits per heavy atom. The van der Waals surface area contributed by atoms with Crippen LogP contribution in [0.1, 0.15) is 65.0 Å². The van der Waals surface area contributed by atoms with E-state index in [1.54, 1.807) is 17.0 Å². The lowest BCUT2D eigenvalue weighted by atomic mass is 9.87. The van der Waals surface area contributed by atoms with Crippen LogP contribution in [0.5, 0.6) is 0 Å². The number of furan rings is 1. The second kappa shape index (κ2) is 12.5. The molecule has 1 aliphatic heterocycles. The van der Waals surface area contributed by atoms with Crippen molar-refractivity contribution in [2.45, 2.75) is 57.2 Å². The van der Waals surface area contributed by atoms with Crippen LogP contribution < -0.4 is 5.32 Å². The molecule has 5 rings (SSSR count). The number of piperidine rings is 1. The van der Waals surface area contributed by atoms with Gasteiger partial charge in [-0.15, -0.1) is 0 Å². The summed E-state index contributed by atoms with van der Waals surface area (Å²) in [6, 6.07) is 19.9. The normalized spacial score (nSPS) is 21.3. The van der Waals surface area contributed by atoms with Crippen molar-refractivity contribution in [2.24, 2.45) is 5.92 Å². The van der Waals surface area contributed by atoms with Gasteiger partial charge in [-0.2, -0.15) is 0 Å². The van der Waals surface area contributed by atoms with Crippen LogP contribution in [0.25, 0.3) is 0 Å². The predicted molar refractivity (Wildman–Crippen MR) is 149 cm³/mol. The van der Waals surface area contributed by atoms with Crippen LogP contribution in [0, 0.1) is 5.92 Å². The number of benzene rings is 2. The van der Waals surface area contributed by atoms with E-state index in [0.29, 0.717) is 36.0 Å². The van der Waals surface area contributed by atoms with Gasteiger partial charge in [0, 0.05) is 36.3 Å². The highest BCUT2D eigenvalue weighted by molar-refractivity contribution is 6.30. The van der Waals surface area contributed by atoms with Gasteiger partial charge < -0.3 is 19.5 Å². The lowest BCUT2D eigenvalue weighted by Gasteiger charge is -2.41. The molecule has 39 heavy (non-hydrogen) atoms. The Morgan fingerprint density at radius 3 is 2.44 bits per heavy atom. The van der Waals surface area contributed by atoms with Gasteiger partial charge in [-0.1, -0.05) is 54.8 Å². The summed E-state index contributed by atoms with van der Waals surface area (Å²) < 4.78 is 5.28. The highest BCUT2D eigenvalue weighted by atomic mass is 35.5. The summed E-state index contributed by atoms with van der Waals surface area (Å²) in [5.74, 6) is -0.293. The van der Waals surface area contributed by atoms with E-state index in [-0.39, 0.29) is 35.7 Å². The SMILES string of the molecule is O=C(N[C@@H]1CCCC[C@H]1N(Cc1ccc(Cl)cc1)C(=O)c1ccccc1)C1CCCN(C(=O)c2ccco2)C1. The third-order valence-corrected chi connectivity index (χ3v) is 8.07. The van der Waals surface area contributed by atoms with Crippen LogP contribution in [0.4, 0.5) is 0 Å². The van der Waals surface area contributed by atoms with Gasteiger partial charge in [-0.05, 0) is 67.6 Å². The zero-order valence-corrected chi connectivity index (χ0v) is 22.7. The maximum atomic E-state index is 13.8. The maximum Gasteiger partial charge on any atom is 0.289 e. The highest BCUT2D eigenvalue weighted by Crippen LogP contribution is 2.28. The minimum atomic E-state index is -0.297. The Balaban J connectivity index is 1.33. The second-order valence-electron chi connectivity index (χ2n) is 10.5. The molecule has 2 fully saturated rings. The summed E-state index contributed by atoms with van der Waals surface area (Å²) in [6.07, 6.45) is 6.56. The highest BCUT2D eigenvalue weighted by Gasteiger charge is 2.37. The van der Waals surface area contributed by atoms with Crippen LogP contribution >= 0.6 is 11.6 Å². The van der Waals surface area contributed by atoms with Crippen LogP contribution in [-0.4, -0.2) is 52.7 Å². The van der Waals surface area contributed by atoms with Crippen molar-refractivity contribution in [3.8, 4) is 0 Å². The van der Waals surface area contributed by atoms with Crippen molar-refractivity contribution in [3.05, 3.63) is 94.9 Å². The lowest BCUT2D eigenvalue weighted by molar-refractivity contribution is -0.127. The fraction of sp³-hybridized carbons (Fsp3) is 0.387. The first-order valence-electron chi connectivity index (χ1n) is 13.7. The molecule has 7 nitrogen and oxygen atoms in total. The van der Waals surface area contributed by atoms with Crippen molar-refractivity contribution in [2.75, 3.05) is 13.1 Å². The first kappa shape index (κ1) is 27.0. The number of rotatable bonds is 7. The molecule has 8 heteroatoms. The molecule has 2 heterocycles. The average Bonchev–Trinajstić information content (AvgIpc) is 3.52. The third-order valence-electron chi connectivity index (χ3n) is 7.82. The van der Waals surface area contributed by atoms with E-state index in [1.165, 1.54) is 6.26 Å². The van der Waals surface area contributed by atoms with Gasteiger partial charge in [0.2, 0.25) is 5.91 Å². The largest absolute Gasteiger partial charge is 0.459 e. The van der Waals surface area contributed by atoms with E-state index < -0.39 is 0 Å². The minimum absolute atomic E-state index is 0.0513. The van der Waals surface area contributed by atoms with Gasteiger partial charge in [-0.25, -0.2) is 0 Å². The number of nitrogens with zero attached hydrogens (tertiary/aromatic N) is 2. The van der Waals surface area contributed by atoms with Crippen LogP contribution in [0.3, 0.4) is 0 Å². The molecular formula is C31H34ClN3O4. The van der Waals surface area contributed by atoms with E-state index in [9.17, 15) is 14.4 Å². The summed E-state index contributed by atoms with van der Waals surface area (Å²) in [5.41, 5.74) is 1.61. The maximum absolute atomic E-state index is 13.8. The monoisotopic (exact) mass is 547 g/mol. The third kappa shape index (κ3) is 6.53. The van der Waals surface area contributed by atoms with Crippen molar-refractivity contribution in [3.63, 3.8) is 0 Å². The Kier molecular flexibility index (Phi) is 8.67. The molecule has 1 aliphatic carbocycles. The number of hydrogen-bond acceptors (Lipinski definition) is 4. The Morgan fingerprint density at radius 2 is 1.69 bits per heavy atom. The van der Waals surface area contributed by atoms with Crippen molar-refractivity contribution < 1.29 is 18.8 Å². The molecule has 0 spiro atoms. The number of carbonyl (C=O) groups excluding carboxylic acids is 3. The predicted octanol–water partition coefficient (Wildman–Crippen LogP) is 5.56. The van der Waals surface area contributed by atoms with Crippen molar-refractivity contribution in [1.82, 2.24) is 15.1 Å². The number of hydrogen-bond donors (Lipinski definition) is 1. The first-order valence-corrected chi connectivity index (χ1v) is 14.1. The Bertz CT molecular complexity index is 1260. The smallest absolute Gasteiger partial charge is 0.289 e. The van der Waals surface area contributed by atoms with Gasteiger partial charge in [0.25, 0.3) is 11.8 Å². The molecule has 0 bridgehead atoms. The molecule has 204 valence electrons. The standard InChI is InChI=1S/C31H34ClN3O4/c32-25-16-14-22(15-17-25)20-35(30(37)23-8-2-1-3-9-23)27-12-5-4-11-26(27)33-29(36)24-10-6-18-34(21-24)31(38)28-13-7-19-39-28/h1-3,7-9,13-17,19,24,26-27H,4-6,10-12,18,20-21H2,(H,33,36)/t24?,26-,27-/m1/s1. The summed E-state index contributed by atoms with van der Waals surface area (Å²) in [5, 5.41) is 3.95. The Labute approximate surface area is 234 Å². The molecule has 0 radical (unpaired) electrons. The molecular weight excluding hydrogens is 514 g/mol. The van der Waals surface area contributed by atoms with Gasteiger partial charge >= 0.3 is 0 Å². The van der Waals surface area contributed by atoms with Gasteiger partial charge in [0.15, 0.2) is 5.76 Å². The van der Waals surface area contributed by atoms with Crippen LogP contribution in [0.15, 0.2) is 77.4 Å². The summed E-state index contributed by atoms with van der Waals surface area (Å²) in [7, 11) is 0. The Hall–Kier alpha value is -3.58. The molecule has 1 saturated heterocycles. The van der Waals surface area contributed by atoms with Crippen LogP contribution in [-0.2, 0) is 11.3 Å². The molecule has 1 aromatic heterocycles. The number of likely N-dealkylation sites (tertiary alicyclic amines) is 1. The second-order valence-corrected chi connectivity index (χ2v) is 10.9. The summed E-state index contributed by atoms with van der Waals surface area (Å²) >= 11 is 6.11. The molecule has 3 atom stereocenters. The van der Waals surface area contributed by atoms with E-state index in [0.717, 1.165) is 44.1 Å². The van der Waals surface area contributed by atoms with E-state index in [4.69, 9.17) is 16.0 Å². The number of nitrogens with one attached hydrogen (secondary N) is 1. The van der Waals surface area contributed by atoms with Gasteiger partial charge in [0.1, 0.15) is 0 Å². The molecule has 3 amide bonds. The fourth-order valence-electron chi connectivity index (χ4n) is 5.76. The number of halogens is 1. The quantitative estimate of drug-likeness (QED) is 0.420. The number of carbonyl (C=O) groups is 3. The first-order chi connectivity index (χ1) is 19.0. The van der Waals surface area contributed by atoms with Crippen molar-refractivity contribution in [1.29, 1.82) is 0 Å². The van der Waals surface area contributed by atoms with E-state index in [2.05, 4.69) is 5.32 Å². The zero-order chi connectivity index (χ0) is 27.2.